The number of nitrogens with one attached hydrogen (secondary N) is 1. The van der Waals surface area contributed by atoms with E-state index in [1.807, 2.05) is 0 Å². The molecular weight excluding hydrogens is 232 g/mol. The van der Waals surface area contributed by atoms with Gasteiger partial charge in [0.05, 0.1) is 0 Å². The van der Waals surface area contributed by atoms with Gasteiger partial charge in [-0.15, -0.1) is 0 Å². The molecule has 19 heavy (non-hydrogen) atoms. The van der Waals surface area contributed by atoms with E-state index >= 15 is 0 Å². The monoisotopic (exact) mass is 266 g/mol. The third-order valence-electron chi connectivity index (χ3n) is 5.81. The predicted octanol–water partition coefficient (Wildman–Crippen LogP) is 3.81. The first-order valence-electron chi connectivity index (χ1n) is 8.56. The molecule has 1 aliphatic carbocycles. The van der Waals surface area contributed by atoms with Gasteiger partial charge >= 0.3 is 0 Å². The summed E-state index contributed by atoms with van der Waals surface area (Å²) in [5.74, 6) is 0.820. The van der Waals surface area contributed by atoms with Crippen molar-refractivity contribution in [1.82, 2.24) is 10.2 Å². The third kappa shape index (κ3) is 3.16. The molecule has 2 rings (SSSR count). The van der Waals surface area contributed by atoms with E-state index in [2.05, 4.69) is 37.9 Å². The van der Waals surface area contributed by atoms with Crippen LogP contribution in [0.4, 0.5) is 0 Å². The maximum Gasteiger partial charge on any atom is 0.0329 e. The first kappa shape index (κ1) is 15.3. The number of piperazine rings is 1. The minimum absolute atomic E-state index is 0.419. The topological polar surface area (TPSA) is 15.3 Å². The van der Waals surface area contributed by atoms with E-state index < -0.39 is 0 Å². The first-order valence-corrected chi connectivity index (χ1v) is 8.56. The Morgan fingerprint density at radius 1 is 1.11 bits per heavy atom. The fourth-order valence-electron chi connectivity index (χ4n) is 4.12. The maximum absolute atomic E-state index is 3.96. The average molecular weight is 266 g/mol. The zero-order valence-electron chi connectivity index (χ0n) is 13.6. The summed E-state index contributed by atoms with van der Waals surface area (Å²) in [6.45, 7) is 13.3. The lowest BCUT2D eigenvalue weighted by molar-refractivity contribution is -0.00284. The standard InChI is InChI=1S/C17H34N2/c1-5-17(6-2)13-18-16(10-7-8-11-16)14-19(17)12-9-15(3)4/h15,18H,5-14H2,1-4H3. The van der Waals surface area contributed by atoms with Gasteiger partial charge in [0.1, 0.15) is 0 Å². The summed E-state index contributed by atoms with van der Waals surface area (Å²) in [5.41, 5.74) is 0.882. The lowest BCUT2D eigenvalue weighted by Crippen LogP contribution is -2.69. The Hall–Kier alpha value is -0.0800. The highest BCUT2D eigenvalue weighted by Gasteiger charge is 2.46. The minimum Gasteiger partial charge on any atom is -0.308 e. The Morgan fingerprint density at radius 2 is 1.74 bits per heavy atom. The van der Waals surface area contributed by atoms with Crippen molar-refractivity contribution in [2.75, 3.05) is 19.6 Å². The smallest absolute Gasteiger partial charge is 0.0329 e. The molecule has 112 valence electrons. The molecule has 0 amide bonds. The van der Waals surface area contributed by atoms with E-state index in [1.54, 1.807) is 0 Å². The third-order valence-corrected chi connectivity index (χ3v) is 5.81. The maximum atomic E-state index is 3.96. The highest BCUT2D eigenvalue weighted by Crippen LogP contribution is 2.38. The highest BCUT2D eigenvalue weighted by atomic mass is 15.3. The van der Waals surface area contributed by atoms with E-state index in [0.717, 1.165) is 5.92 Å². The van der Waals surface area contributed by atoms with Crippen LogP contribution < -0.4 is 5.32 Å². The molecule has 1 spiro atoms. The van der Waals surface area contributed by atoms with Crippen LogP contribution in [-0.4, -0.2) is 35.6 Å². The van der Waals surface area contributed by atoms with E-state index in [-0.39, 0.29) is 0 Å². The van der Waals surface area contributed by atoms with Crippen LogP contribution in [0.5, 0.6) is 0 Å². The number of rotatable bonds is 5. The van der Waals surface area contributed by atoms with E-state index in [0.29, 0.717) is 11.1 Å². The lowest BCUT2D eigenvalue weighted by atomic mass is 9.82. The molecule has 0 atom stereocenters. The predicted molar refractivity (Wildman–Crippen MR) is 83.5 cm³/mol. The van der Waals surface area contributed by atoms with Gasteiger partial charge in [-0.2, -0.15) is 0 Å². The van der Waals surface area contributed by atoms with Crippen molar-refractivity contribution < 1.29 is 0 Å². The van der Waals surface area contributed by atoms with Crippen LogP contribution in [0.15, 0.2) is 0 Å². The molecule has 2 fully saturated rings. The fraction of sp³-hybridized carbons (Fsp3) is 1.00. The largest absolute Gasteiger partial charge is 0.308 e. The summed E-state index contributed by atoms with van der Waals surface area (Å²) in [5, 5.41) is 3.96. The van der Waals surface area contributed by atoms with Gasteiger partial charge in [0.2, 0.25) is 0 Å². The summed E-state index contributed by atoms with van der Waals surface area (Å²) in [6.07, 6.45) is 9.56. The zero-order chi connectivity index (χ0) is 13.9. The normalized spacial score (nSPS) is 26.4. The first-order chi connectivity index (χ1) is 9.06. The van der Waals surface area contributed by atoms with Crippen molar-refractivity contribution in [3.8, 4) is 0 Å². The second-order valence-electron chi connectivity index (χ2n) is 7.38. The second-order valence-corrected chi connectivity index (χ2v) is 7.38. The number of hydrogen-bond acceptors (Lipinski definition) is 2. The number of nitrogens with zero attached hydrogens (tertiary/aromatic N) is 1. The molecule has 0 aromatic carbocycles. The van der Waals surface area contributed by atoms with Gasteiger partial charge in [-0.1, -0.05) is 40.5 Å². The molecule has 1 heterocycles. The van der Waals surface area contributed by atoms with Gasteiger partial charge in [-0.3, -0.25) is 4.90 Å². The van der Waals surface area contributed by atoms with Crippen LogP contribution in [0.3, 0.4) is 0 Å². The van der Waals surface area contributed by atoms with Gasteiger partial charge in [-0.05, 0) is 44.6 Å². The highest BCUT2D eigenvalue weighted by molar-refractivity contribution is 5.06. The van der Waals surface area contributed by atoms with Crippen molar-refractivity contribution in [2.45, 2.75) is 83.7 Å². The molecule has 0 bridgehead atoms. The summed E-state index contributed by atoms with van der Waals surface area (Å²) in [6, 6.07) is 0. The Labute approximate surface area is 120 Å². The average Bonchev–Trinajstić information content (AvgIpc) is 2.86. The lowest BCUT2D eigenvalue weighted by Gasteiger charge is -2.54. The van der Waals surface area contributed by atoms with Crippen LogP contribution in [0.25, 0.3) is 0 Å². The fourth-order valence-corrected chi connectivity index (χ4v) is 4.12. The summed E-state index contributed by atoms with van der Waals surface area (Å²) in [4.78, 5) is 2.86. The molecule has 1 N–H and O–H groups in total. The van der Waals surface area contributed by atoms with Crippen LogP contribution in [-0.2, 0) is 0 Å². The molecular formula is C17H34N2. The van der Waals surface area contributed by atoms with Gasteiger partial charge < -0.3 is 5.32 Å². The van der Waals surface area contributed by atoms with Gasteiger partial charge in [0.15, 0.2) is 0 Å². The van der Waals surface area contributed by atoms with Crippen molar-refractivity contribution in [3.63, 3.8) is 0 Å². The van der Waals surface area contributed by atoms with Crippen LogP contribution in [0.2, 0.25) is 0 Å². The molecule has 0 unspecified atom stereocenters. The van der Waals surface area contributed by atoms with Crippen LogP contribution >= 0.6 is 0 Å². The molecule has 0 aromatic heterocycles. The Kier molecular flexibility index (Phi) is 4.94. The summed E-state index contributed by atoms with van der Waals surface area (Å²) < 4.78 is 0. The molecule has 0 aromatic rings. The van der Waals surface area contributed by atoms with Crippen molar-refractivity contribution in [1.29, 1.82) is 0 Å². The zero-order valence-corrected chi connectivity index (χ0v) is 13.6. The van der Waals surface area contributed by atoms with Crippen molar-refractivity contribution in [3.05, 3.63) is 0 Å². The molecule has 1 aliphatic heterocycles. The van der Waals surface area contributed by atoms with E-state index in [9.17, 15) is 0 Å². The number of hydrogen-bond donors (Lipinski definition) is 1. The molecule has 2 nitrogen and oxygen atoms in total. The second kappa shape index (κ2) is 6.13. The SMILES string of the molecule is CCC1(CC)CNC2(CCCC2)CN1CCC(C)C. The quantitative estimate of drug-likeness (QED) is 0.814. The molecule has 0 radical (unpaired) electrons. The summed E-state index contributed by atoms with van der Waals surface area (Å²) >= 11 is 0. The minimum atomic E-state index is 0.419. The van der Waals surface area contributed by atoms with Crippen molar-refractivity contribution in [2.24, 2.45) is 5.92 Å². The molecule has 1 saturated carbocycles. The Bertz CT molecular complexity index is 275. The van der Waals surface area contributed by atoms with E-state index in [1.165, 1.54) is 64.6 Å². The molecule has 2 heteroatoms. The Balaban J connectivity index is 2.08. The van der Waals surface area contributed by atoms with Crippen LogP contribution in [0.1, 0.15) is 72.6 Å². The summed E-state index contributed by atoms with van der Waals surface area (Å²) in [7, 11) is 0. The van der Waals surface area contributed by atoms with Gasteiger partial charge in [0.25, 0.3) is 0 Å². The molecule has 1 saturated heterocycles. The van der Waals surface area contributed by atoms with Gasteiger partial charge in [-0.25, -0.2) is 0 Å². The van der Waals surface area contributed by atoms with Crippen LogP contribution in [0, 0.1) is 5.92 Å². The molecule has 2 aliphatic rings. The van der Waals surface area contributed by atoms with Gasteiger partial charge in [0, 0.05) is 24.2 Å². The Morgan fingerprint density at radius 3 is 2.26 bits per heavy atom. The van der Waals surface area contributed by atoms with Crippen molar-refractivity contribution >= 4 is 0 Å². The van der Waals surface area contributed by atoms with E-state index in [4.69, 9.17) is 0 Å².